The molecule has 166 valence electrons. The molecular weight excluding hydrogens is 422 g/mol. The number of ether oxygens (including phenoxy) is 3. The number of halogens is 2. The molecule has 0 atom stereocenters. The predicted octanol–water partition coefficient (Wildman–Crippen LogP) is 6.79. The Balaban J connectivity index is 1.79. The molecule has 0 aliphatic carbocycles. The summed E-state index contributed by atoms with van der Waals surface area (Å²) in [6.07, 6.45) is 3.81. The summed E-state index contributed by atoms with van der Waals surface area (Å²) in [6.45, 7) is 2.02. The third kappa shape index (κ3) is 3.32. The minimum Gasteiger partial charge on any atom is -0.494 e. The zero-order valence-corrected chi connectivity index (χ0v) is 18.5. The Kier molecular flexibility index (Phi) is 5.05. The monoisotopic (exact) mass is 444 g/mol. The van der Waals surface area contributed by atoms with Crippen molar-refractivity contribution in [2.24, 2.45) is 0 Å². The van der Waals surface area contributed by atoms with Crippen molar-refractivity contribution in [2.45, 2.75) is 12.5 Å². The molecule has 5 rings (SSSR count). The molecule has 0 amide bonds. The molecule has 0 saturated heterocycles. The molecule has 0 fully saturated rings. The van der Waals surface area contributed by atoms with Gasteiger partial charge in [0.1, 0.15) is 5.75 Å². The summed E-state index contributed by atoms with van der Waals surface area (Å²) >= 11 is 0. The Hall–Kier alpha value is -3.86. The van der Waals surface area contributed by atoms with Gasteiger partial charge in [0.2, 0.25) is 0 Å². The van der Waals surface area contributed by atoms with Crippen LogP contribution in [0.2, 0.25) is 0 Å². The van der Waals surface area contributed by atoms with Crippen molar-refractivity contribution >= 4 is 16.8 Å². The molecule has 1 heterocycles. The first-order chi connectivity index (χ1) is 16.0. The third-order valence-electron chi connectivity index (χ3n) is 6.16. The summed E-state index contributed by atoms with van der Waals surface area (Å²) in [4.78, 5) is 0. The van der Waals surface area contributed by atoms with E-state index in [4.69, 9.17) is 14.2 Å². The SMILES string of the molecule is COc1ccc(C2(c3ccc(OC)c(F)c3)C=Cc3c(C)cc4ccccc4c3O2)cc1F. The molecule has 3 nitrogen and oxygen atoms in total. The van der Waals surface area contributed by atoms with Crippen molar-refractivity contribution in [3.63, 3.8) is 0 Å². The van der Waals surface area contributed by atoms with Gasteiger partial charge in [-0.3, -0.25) is 0 Å². The van der Waals surface area contributed by atoms with Crippen molar-refractivity contribution in [2.75, 3.05) is 14.2 Å². The first-order valence-electron chi connectivity index (χ1n) is 10.6. The van der Waals surface area contributed by atoms with E-state index in [9.17, 15) is 8.78 Å². The average Bonchev–Trinajstić information content (AvgIpc) is 2.83. The lowest BCUT2D eigenvalue weighted by Gasteiger charge is -2.37. The number of fused-ring (bicyclic) bond motifs is 3. The molecule has 0 saturated carbocycles. The molecule has 4 aromatic rings. The first-order valence-corrected chi connectivity index (χ1v) is 10.6. The van der Waals surface area contributed by atoms with Crippen LogP contribution in [0.5, 0.6) is 17.2 Å². The van der Waals surface area contributed by atoms with Crippen molar-refractivity contribution in [1.29, 1.82) is 0 Å². The van der Waals surface area contributed by atoms with Crippen LogP contribution in [0.4, 0.5) is 8.78 Å². The van der Waals surface area contributed by atoms with Crippen LogP contribution in [0.15, 0.2) is 72.8 Å². The van der Waals surface area contributed by atoms with Crippen LogP contribution < -0.4 is 14.2 Å². The van der Waals surface area contributed by atoms with E-state index in [1.807, 2.05) is 43.3 Å². The van der Waals surface area contributed by atoms with Gasteiger partial charge in [-0.1, -0.05) is 48.5 Å². The predicted molar refractivity (Wildman–Crippen MR) is 125 cm³/mol. The fraction of sp³-hybridized carbons (Fsp3) is 0.143. The van der Waals surface area contributed by atoms with Gasteiger partial charge in [-0.15, -0.1) is 0 Å². The van der Waals surface area contributed by atoms with Crippen LogP contribution in [-0.2, 0) is 5.60 Å². The number of benzene rings is 4. The molecule has 0 unspecified atom stereocenters. The van der Waals surface area contributed by atoms with Crippen LogP contribution >= 0.6 is 0 Å². The van der Waals surface area contributed by atoms with Gasteiger partial charge >= 0.3 is 0 Å². The Morgan fingerprint density at radius 1 is 0.788 bits per heavy atom. The quantitative estimate of drug-likeness (QED) is 0.347. The molecule has 0 aromatic heterocycles. The Labute approximate surface area is 190 Å². The van der Waals surface area contributed by atoms with Gasteiger partial charge in [0.15, 0.2) is 28.7 Å². The van der Waals surface area contributed by atoms with Gasteiger partial charge in [-0.05, 0) is 48.2 Å². The van der Waals surface area contributed by atoms with E-state index < -0.39 is 17.2 Å². The minimum absolute atomic E-state index is 0.122. The maximum Gasteiger partial charge on any atom is 0.178 e. The summed E-state index contributed by atoms with van der Waals surface area (Å²) in [5.41, 5.74) is 1.75. The standard InChI is InChI=1S/C28H22F2O3/c1-17-14-18-6-4-5-7-22(18)27-21(17)12-13-28(33-27,19-8-10-25(31-2)23(29)15-19)20-9-11-26(32-3)24(30)16-20/h4-16H,1-3H3. The molecule has 0 spiro atoms. The van der Waals surface area contributed by atoms with Crippen molar-refractivity contribution < 1.29 is 23.0 Å². The summed E-state index contributed by atoms with van der Waals surface area (Å²) in [5.74, 6) is -0.145. The van der Waals surface area contributed by atoms with E-state index in [0.29, 0.717) is 16.9 Å². The maximum absolute atomic E-state index is 14.8. The van der Waals surface area contributed by atoms with Crippen LogP contribution in [0, 0.1) is 18.6 Å². The number of aryl methyl sites for hydroxylation is 1. The zero-order valence-electron chi connectivity index (χ0n) is 18.5. The highest BCUT2D eigenvalue weighted by atomic mass is 19.1. The second-order valence-corrected chi connectivity index (χ2v) is 8.03. The van der Waals surface area contributed by atoms with Gasteiger partial charge in [0.25, 0.3) is 0 Å². The zero-order chi connectivity index (χ0) is 23.2. The van der Waals surface area contributed by atoms with Gasteiger partial charge in [-0.2, -0.15) is 0 Å². The normalized spacial score (nSPS) is 14.0. The number of rotatable bonds is 4. The fourth-order valence-electron chi connectivity index (χ4n) is 4.45. The van der Waals surface area contributed by atoms with Gasteiger partial charge < -0.3 is 14.2 Å². The number of methoxy groups -OCH3 is 2. The van der Waals surface area contributed by atoms with Crippen LogP contribution in [0.3, 0.4) is 0 Å². The first kappa shape index (κ1) is 21.0. The average molecular weight is 444 g/mol. The van der Waals surface area contributed by atoms with Crippen molar-refractivity contribution in [3.8, 4) is 17.2 Å². The van der Waals surface area contributed by atoms with E-state index >= 15 is 0 Å². The van der Waals surface area contributed by atoms with E-state index in [-0.39, 0.29) is 11.5 Å². The van der Waals surface area contributed by atoms with Gasteiger partial charge in [-0.25, -0.2) is 8.78 Å². The Morgan fingerprint density at radius 2 is 1.39 bits per heavy atom. The molecule has 0 radical (unpaired) electrons. The number of hydrogen-bond acceptors (Lipinski definition) is 3. The molecule has 0 bridgehead atoms. The second kappa shape index (κ2) is 7.93. The topological polar surface area (TPSA) is 27.7 Å². The van der Waals surface area contributed by atoms with Crippen LogP contribution in [-0.4, -0.2) is 14.2 Å². The second-order valence-electron chi connectivity index (χ2n) is 8.03. The van der Waals surface area contributed by atoms with Crippen molar-refractivity contribution in [1.82, 2.24) is 0 Å². The van der Waals surface area contributed by atoms with E-state index in [1.54, 1.807) is 24.3 Å². The maximum atomic E-state index is 14.8. The summed E-state index contributed by atoms with van der Waals surface area (Å²) in [7, 11) is 2.82. The molecule has 1 aliphatic rings. The molecule has 5 heteroatoms. The summed E-state index contributed by atoms with van der Waals surface area (Å²) < 4.78 is 46.5. The Morgan fingerprint density at radius 3 is 1.97 bits per heavy atom. The van der Waals surface area contributed by atoms with Gasteiger partial charge in [0, 0.05) is 22.1 Å². The number of hydrogen-bond donors (Lipinski definition) is 0. The Bertz CT molecular complexity index is 1350. The summed E-state index contributed by atoms with van der Waals surface area (Å²) in [5, 5.41) is 1.95. The molecule has 1 aliphatic heterocycles. The molecule has 33 heavy (non-hydrogen) atoms. The van der Waals surface area contributed by atoms with Crippen LogP contribution in [0.1, 0.15) is 22.3 Å². The van der Waals surface area contributed by atoms with Crippen molar-refractivity contribution in [3.05, 3.63) is 107 Å². The smallest absolute Gasteiger partial charge is 0.178 e. The highest BCUT2D eigenvalue weighted by Gasteiger charge is 2.39. The fourth-order valence-corrected chi connectivity index (χ4v) is 4.45. The lowest BCUT2D eigenvalue weighted by atomic mass is 9.82. The molecule has 0 N–H and O–H groups in total. The molecule has 4 aromatic carbocycles. The largest absolute Gasteiger partial charge is 0.494 e. The summed E-state index contributed by atoms with van der Waals surface area (Å²) in [6, 6.07) is 19.3. The lowest BCUT2D eigenvalue weighted by molar-refractivity contribution is 0.162. The third-order valence-corrected chi connectivity index (χ3v) is 6.16. The van der Waals surface area contributed by atoms with Gasteiger partial charge in [0.05, 0.1) is 14.2 Å². The van der Waals surface area contributed by atoms with E-state index in [0.717, 1.165) is 21.9 Å². The lowest BCUT2D eigenvalue weighted by Crippen LogP contribution is -2.34. The minimum atomic E-state index is -1.26. The van der Waals surface area contributed by atoms with E-state index in [1.165, 1.54) is 26.4 Å². The highest BCUT2D eigenvalue weighted by Crippen LogP contribution is 2.47. The molecular formula is C28H22F2O3. The van der Waals surface area contributed by atoms with E-state index in [2.05, 4.69) is 6.07 Å². The highest BCUT2D eigenvalue weighted by molar-refractivity contribution is 5.94. The van der Waals surface area contributed by atoms with Crippen LogP contribution in [0.25, 0.3) is 16.8 Å².